The topological polar surface area (TPSA) is 32.3 Å². The van der Waals surface area contributed by atoms with Crippen LogP contribution in [0, 0.1) is 5.82 Å². The molecule has 0 saturated carbocycles. The molecule has 1 aromatic carbocycles. The Balaban J connectivity index is 2.72. The fourth-order valence-electron chi connectivity index (χ4n) is 1.47. The summed E-state index contributed by atoms with van der Waals surface area (Å²) in [7, 11) is 1.77. The molecule has 0 fully saturated rings. The summed E-state index contributed by atoms with van der Waals surface area (Å²) in [5.41, 5.74) is 1.75. The quantitative estimate of drug-likeness (QED) is 0.642. The smallest absolute Gasteiger partial charge is 0.123 e. The van der Waals surface area contributed by atoms with Gasteiger partial charge in [-0.15, -0.1) is 0 Å². The molecule has 17 heavy (non-hydrogen) atoms. The van der Waals surface area contributed by atoms with Gasteiger partial charge in [0, 0.05) is 17.2 Å². The van der Waals surface area contributed by atoms with Gasteiger partial charge in [-0.05, 0) is 42.7 Å². The minimum absolute atomic E-state index is 0.00709. The molecule has 0 aliphatic heterocycles. The van der Waals surface area contributed by atoms with E-state index >= 15 is 0 Å². The summed E-state index contributed by atoms with van der Waals surface area (Å²) in [6.45, 7) is 3.40. The number of aryl methyl sites for hydroxylation is 1. The van der Waals surface area contributed by atoms with Crippen LogP contribution < -0.4 is 5.32 Å². The standard InChI is InChI=1S/C13H15BrFNO/c1-9(17)7-12(16-2)5-3-10-8-11(15)4-6-13(10)14/h4,6-8,16-17H,1,3,5H2,2H3/b12-7-. The Labute approximate surface area is 109 Å². The lowest BCUT2D eigenvalue weighted by atomic mass is 10.1. The second-order valence-electron chi connectivity index (χ2n) is 3.65. The number of nitrogens with one attached hydrogen (secondary N) is 1. The highest BCUT2D eigenvalue weighted by Crippen LogP contribution is 2.20. The molecule has 0 saturated heterocycles. The Hall–Kier alpha value is -1.29. The monoisotopic (exact) mass is 299 g/mol. The van der Waals surface area contributed by atoms with E-state index < -0.39 is 0 Å². The molecule has 0 aliphatic carbocycles. The van der Waals surface area contributed by atoms with Crippen molar-refractivity contribution in [3.05, 3.63) is 58.2 Å². The van der Waals surface area contributed by atoms with Crippen LogP contribution in [0.25, 0.3) is 0 Å². The lowest BCUT2D eigenvalue weighted by molar-refractivity contribution is 0.433. The highest BCUT2D eigenvalue weighted by atomic mass is 79.9. The second-order valence-corrected chi connectivity index (χ2v) is 4.50. The number of hydrogen-bond acceptors (Lipinski definition) is 2. The molecule has 0 heterocycles. The Bertz CT molecular complexity index is 443. The van der Waals surface area contributed by atoms with E-state index in [1.54, 1.807) is 19.2 Å². The lowest BCUT2D eigenvalue weighted by Gasteiger charge is -2.08. The summed E-state index contributed by atoms with van der Waals surface area (Å²) in [4.78, 5) is 0. The molecular weight excluding hydrogens is 285 g/mol. The van der Waals surface area contributed by atoms with Crippen LogP contribution in [0.5, 0.6) is 0 Å². The van der Waals surface area contributed by atoms with Gasteiger partial charge < -0.3 is 10.4 Å². The number of aliphatic hydroxyl groups excluding tert-OH is 1. The third-order valence-corrected chi connectivity index (χ3v) is 3.11. The molecule has 1 rings (SSSR count). The van der Waals surface area contributed by atoms with Crippen molar-refractivity contribution in [1.29, 1.82) is 0 Å². The van der Waals surface area contributed by atoms with Crippen molar-refractivity contribution < 1.29 is 9.50 Å². The van der Waals surface area contributed by atoms with Crippen molar-refractivity contribution in [2.24, 2.45) is 0 Å². The highest BCUT2D eigenvalue weighted by molar-refractivity contribution is 9.10. The average molecular weight is 300 g/mol. The Morgan fingerprint density at radius 2 is 2.29 bits per heavy atom. The van der Waals surface area contributed by atoms with Gasteiger partial charge in [0.2, 0.25) is 0 Å². The van der Waals surface area contributed by atoms with Gasteiger partial charge >= 0.3 is 0 Å². The number of benzene rings is 1. The molecule has 0 spiro atoms. The lowest BCUT2D eigenvalue weighted by Crippen LogP contribution is -2.07. The van der Waals surface area contributed by atoms with Gasteiger partial charge in [-0.3, -0.25) is 0 Å². The first kappa shape index (κ1) is 13.8. The fourth-order valence-corrected chi connectivity index (χ4v) is 1.92. The molecule has 0 amide bonds. The van der Waals surface area contributed by atoms with Crippen LogP contribution in [0.1, 0.15) is 12.0 Å². The SMILES string of the molecule is C=C(O)/C=C(/CCc1cc(F)ccc1Br)NC. The zero-order chi connectivity index (χ0) is 12.8. The van der Waals surface area contributed by atoms with Gasteiger partial charge in [0.1, 0.15) is 11.6 Å². The maximum atomic E-state index is 13.1. The third kappa shape index (κ3) is 4.61. The molecule has 0 atom stereocenters. The summed E-state index contributed by atoms with van der Waals surface area (Å²) < 4.78 is 13.9. The maximum Gasteiger partial charge on any atom is 0.123 e. The summed E-state index contributed by atoms with van der Waals surface area (Å²) in [6.07, 6.45) is 2.92. The van der Waals surface area contributed by atoms with Crippen molar-refractivity contribution in [2.45, 2.75) is 12.8 Å². The van der Waals surface area contributed by atoms with Crippen molar-refractivity contribution in [3.8, 4) is 0 Å². The van der Waals surface area contributed by atoms with Crippen molar-refractivity contribution >= 4 is 15.9 Å². The molecule has 4 heteroatoms. The number of aliphatic hydroxyl groups is 1. The van der Waals surface area contributed by atoms with Crippen molar-refractivity contribution in [3.63, 3.8) is 0 Å². The molecule has 0 aromatic heterocycles. The van der Waals surface area contributed by atoms with Crippen LogP contribution in [0.3, 0.4) is 0 Å². The largest absolute Gasteiger partial charge is 0.509 e. The molecule has 92 valence electrons. The first-order valence-electron chi connectivity index (χ1n) is 5.23. The van der Waals surface area contributed by atoms with Crippen LogP contribution in [0.2, 0.25) is 0 Å². The van der Waals surface area contributed by atoms with Gasteiger partial charge in [0.15, 0.2) is 0 Å². The summed E-state index contributed by atoms with van der Waals surface area (Å²) >= 11 is 3.38. The highest BCUT2D eigenvalue weighted by Gasteiger charge is 2.03. The third-order valence-electron chi connectivity index (χ3n) is 2.33. The van der Waals surface area contributed by atoms with Gasteiger partial charge in [-0.25, -0.2) is 4.39 Å². The van der Waals surface area contributed by atoms with Gasteiger partial charge in [0.25, 0.3) is 0 Å². The molecule has 0 radical (unpaired) electrons. The van der Waals surface area contributed by atoms with Gasteiger partial charge in [-0.1, -0.05) is 22.5 Å². The number of halogens is 2. The molecule has 1 aromatic rings. The molecule has 0 aliphatic rings. The van der Waals surface area contributed by atoms with Crippen molar-refractivity contribution in [1.82, 2.24) is 5.32 Å². The number of allylic oxidation sites excluding steroid dienone is 2. The predicted octanol–water partition coefficient (Wildman–Crippen LogP) is 3.70. The number of rotatable bonds is 5. The molecule has 2 N–H and O–H groups in total. The maximum absolute atomic E-state index is 13.1. The van der Waals surface area contributed by atoms with E-state index in [2.05, 4.69) is 27.8 Å². The first-order chi connectivity index (χ1) is 8.02. The van der Waals surface area contributed by atoms with E-state index in [-0.39, 0.29) is 11.6 Å². The van der Waals surface area contributed by atoms with E-state index in [0.717, 1.165) is 15.7 Å². The number of hydrogen-bond donors (Lipinski definition) is 2. The molecule has 0 bridgehead atoms. The summed E-state index contributed by atoms with van der Waals surface area (Å²) in [5.74, 6) is -0.239. The van der Waals surface area contributed by atoms with Crippen LogP contribution >= 0.6 is 15.9 Å². The molecule has 0 unspecified atom stereocenters. The Kier molecular flexibility index (Phi) is 5.22. The first-order valence-corrected chi connectivity index (χ1v) is 6.02. The average Bonchev–Trinajstić information content (AvgIpc) is 2.28. The van der Waals surface area contributed by atoms with Crippen LogP contribution in [0.4, 0.5) is 4.39 Å². The second kappa shape index (κ2) is 6.45. The van der Waals surface area contributed by atoms with Crippen molar-refractivity contribution in [2.75, 3.05) is 7.05 Å². The zero-order valence-electron chi connectivity index (χ0n) is 9.63. The van der Waals surface area contributed by atoms with Crippen LogP contribution in [0.15, 0.2) is 46.8 Å². The predicted molar refractivity (Wildman–Crippen MR) is 71.3 cm³/mol. The zero-order valence-corrected chi connectivity index (χ0v) is 11.2. The van der Waals surface area contributed by atoms with Crippen LogP contribution in [-0.4, -0.2) is 12.2 Å². The van der Waals surface area contributed by atoms with E-state index in [1.807, 2.05) is 0 Å². The minimum Gasteiger partial charge on any atom is -0.509 e. The van der Waals surface area contributed by atoms with E-state index in [9.17, 15) is 4.39 Å². The summed E-state index contributed by atoms with van der Waals surface area (Å²) in [6, 6.07) is 4.61. The fraction of sp³-hybridized carbons (Fsp3) is 0.231. The normalized spacial score (nSPS) is 11.4. The molecular formula is C13H15BrFNO. The van der Waals surface area contributed by atoms with E-state index in [0.29, 0.717) is 12.8 Å². The molecule has 2 nitrogen and oxygen atoms in total. The Morgan fingerprint density at radius 3 is 2.88 bits per heavy atom. The van der Waals surface area contributed by atoms with Gasteiger partial charge in [-0.2, -0.15) is 0 Å². The van der Waals surface area contributed by atoms with Gasteiger partial charge in [0.05, 0.1) is 0 Å². The summed E-state index contributed by atoms with van der Waals surface area (Å²) in [5, 5.41) is 12.0. The van der Waals surface area contributed by atoms with E-state index in [4.69, 9.17) is 5.11 Å². The Morgan fingerprint density at radius 1 is 1.59 bits per heavy atom. The van der Waals surface area contributed by atoms with E-state index in [1.165, 1.54) is 12.1 Å². The minimum atomic E-state index is -0.246. The van der Waals surface area contributed by atoms with Crippen LogP contribution in [-0.2, 0) is 6.42 Å².